The molecular weight excluding hydrogens is 339 g/mol. The van der Waals surface area contributed by atoms with Crippen molar-refractivity contribution in [2.75, 3.05) is 0 Å². The number of thiophene rings is 1. The lowest BCUT2D eigenvalue weighted by Gasteiger charge is -2.28. The molecule has 0 bridgehead atoms. The lowest BCUT2D eigenvalue weighted by Crippen LogP contribution is -2.61. The molecule has 0 aliphatic heterocycles. The molecule has 0 fully saturated rings. The Morgan fingerprint density at radius 1 is 1.44 bits per heavy atom. The van der Waals surface area contributed by atoms with Crippen molar-refractivity contribution in [2.45, 2.75) is 18.6 Å². The summed E-state index contributed by atoms with van der Waals surface area (Å²) in [6.45, 7) is 0.398. The summed E-state index contributed by atoms with van der Waals surface area (Å²) in [7, 11) is 0. The van der Waals surface area contributed by atoms with Crippen molar-refractivity contribution in [2.24, 2.45) is 0 Å². The van der Waals surface area contributed by atoms with Gasteiger partial charge in [0.15, 0.2) is 0 Å². The number of aliphatic carboxylic acids is 1. The van der Waals surface area contributed by atoms with Crippen LogP contribution in [-0.4, -0.2) is 28.7 Å². The van der Waals surface area contributed by atoms with E-state index in [1.807, 2.05) is 0 Å². The molecule has 0 aromatic carbocycles. The van der Waals surface area contributed by atoms with E-state index in [4.69, 9.17) is 5.11 Å². The molecule has 1 rings (SSSR count). The first-order valence-corrected chi connectivity index (χ1v) is 6.12. The van der Waals surface area contributed by atoms with E-state index in [0.29, 0.717) is 11.4 Å². The van der Waals surface area contributed by atoms with Crippen LogP contribution in [0.4, 0.5) is 13.2 Å². The van der Waals surface area contributed by atoms with Gasteiger partial charge in [0.05, 0.1) is 0 Å². The first-order chi connectivity index (χ1) is 8.09. The van der Waals surface area contributed by atoms with Crippen molar-refractivity contribution in [1.82, 2.24) is 5.32 Å². The molecule has 1 amide bonds. The van der Waals surface area contributed by atoms with Crippen molar-refractivity contribution in [3.05, 3.63) is 20.8 Å². The van der Waals surface area contributed by atoms with Crippen molar-refractivity contribution in [3.63, 3.8) is 0 Å². The van der Waals surface area contributed by atoms with Gasteiger partial charge in [-0.2, -0.15) is 13.2 Å². The molecule has 1 heterocycles. The average Bonchev–Trinajstić information content (AvgIpc) is 2.62. The fourth-order valence-corrected chi connectivity index (χ4v) is 2.43. The molecule has 0 saturated heterocycles. The molecule has 0 aliphatic carbocycles. The normalized spacial score (nSPS) is 14.9. The highest BCUT2D eigenvalue weighted by Gasteiger charge is 2.58. The van der Waals surface area contributed by atoms with Crippen LogP contribution in [0.25, 0.3) is 0 Å². The SMILES string of the molecule is CC(NC(=O)c1sccc1Br)(C(=O)O)C(F)(F)F. The smallest absolute Gasteiger partial charge is 0.422 e. The Bertz CT molecular complexity index is 488. The van der Waals surface area contributed by atoms with E-state index in [2.05, 4.69) is 15.9 Å². The number of nitrogens with one attached hydrogen (secondary N) is 1. The summed E-state index contributed by atoms with van der Waals surface area (Å²) in [5, 5.41) is 11.6. The van der Waals surface area contributed by atoms with Crippen LogP contribution in [0.15, 0.2) is 15.9 Å². The molecule has 0 saturated carbocycles. The number of hydrogen-bond donors (Lipinski definition) is 2. The van der Waals surface area contributed by atoms with Gasteiger partial charge in [-0.15, -0.1) is 11.3 Å². The second kappa shape index (κ2) is 4.88. The van der Waals surface area contributed by atoms with Gasteiger partial charge in [0.25, 0.3) is 5.91 Å². The molecule has 1 aromatic rings. The Hall–Kier alpha value is -1.09. The zero-order valence-corrected chi connectivity index (χ0v) is 11.2. The third-order valence-corrected chi connectivity index (χ3v) is 4.02. The highest BCUT2D eigenvalue weighted by atomic mass is 79.9. The average molecular weight is 346 g/mol. The highest BCUT2D eigenvalue weighted by Crippen LogP contribution is 2.31. The number of carbonyl (C=O) groups is 2. The minimum absolute atomic E-state index is 0.0216. The number of carboxylic acid groups (broad SMARTS) is 1. The molecule has 0 aliphatic rings. The van der Waals surface area contributed by atoms with E-state index >= 15 is 0 Å². The van der Waals surface area contributed by atoms with E-state index in [0.717, 1.165) is 11.3 Å². The molecule has 9 heteroatoms. The van der Waals surface area contributed by atoms with Gasteiger partial charge in [-0.1, -0.05) is 0 Å². The second-order valence-corrected chi connectivity index (χ2v) is 5.25. The molecule has 2 N–H and O–H groups in total. The molecule has 100 valence electrons. The van der Waals surface area contributed by atoms with Crippen LogP contribution in [0.2, 0.25) is 0 Å². The lowest BCUT2D eigenvalue weighted by molar-refractivity contribution is -0.203. The molecule has 1 atom stereocenters. The predicted molar refractivity (Wildman–Crippen MR) is 61.6 cm³/mol. The summed E-state index contributed by atoms with van der Waals surface area (Å²) in [5.41, 5.74) is -3.33. The monoisotopic (exact) mass is 345 g/mol. The van der Waals surface area contributed by atoms with Gasteiger partial charge in [-0.25, -0.2) is 4.79 Å². The molecule has 0 spiro atoms. The maximum absolute atomic E-state index is 12.7. The Morgan fingerprint density at radius 2 is 2.00 bits per heavy atom. The van der Waals surface area contributed by atoms with E-state index in [1.54, 1.807) is 0 Å². The van der Waals surface area contributed by atoms with Crippen LogP contribution >= 0.6 is 27.3 Å². The molecule has 1 unspecified atom stereocenters. The number of carbonyl (C=O) groups excluding carboxylic acids is 1. The first-order valence-electron chi connectivity index (χ1n) is 4.45. The third kappa shape index (κ3) is 2.66. The Morgan fingerprint density at radius 3 is 2.33 bits per heavy atom. The van der Waals surface area contributed by atoms with Crippen LogP contribution in [0.3, 0.4) is 0 Å². The van der Waals surface area contributed by atoms with Gasteiger partial charge < -0.3 is 10.4 Å². The predicted octanol–water partition coefficient (Wildman–Crippen LogP) is 2.65. The van der Waals surface area contributed by atoms with Crippen molar-refractivity contribution >= 4 is 39.1 Å². The summed E-state index contributed by atoms with van der Waals surface area (Å²) in [4.78, 5) is 22.3. The molecular formula is C9H7BrF3NO3S. The summed E-state index contributed by atoms with van der Waals surface area (Å²) >= 11 is 3.88. The number of carboxylic acids is 1. The first kappa shape index (κ1) is 15.0. The van der Waals surface area contributed by atoms with E-state index in [-0.39, 0.29) is 4.88 Å². The summed E-state index contributed by atoms with van der Waals surface area (Å²) in [5.74, 6) is -3.27. The zero-order chi connectivity index (χ0) is 14.1. The highest BCUT2D eigenvalue weighted by molar-refractivity contribution is 9.10. The number of amides is 1. The number of alkyl halides is 3. The Labute approximate surface area is 112 Å². The molecule has 1 aromatic heterocycles. The van der Waals surface area contributed by atoms with Crippen LogP contribution in [0.1, 0.15) is 16.6 Å². The maximum Gasteiger partial charge on any atom is 0.422 e. The topological polar surface area (TPSA) is 66.4 Å². The maximum atomic E-state index is 12.7. The van der Waals surface area contributed by atoms with Crippen LogP contribution in [0, 0.1) is 0 Å². The summed E-state index contributed by atoms with van der Waals surface area (Å²) in [6.07, 6.45) is -5.10. The Balaban J connectivity index is 3.04. The third-order valence-electron chi connectivity index (χ3n) is 2.18. The van der Waals surface area contributed by atoms with Gasteiger partial charge in [0.2, 0.25) is 5.54 Å². The number of halogens is 4. The van der Waals surface area contributed by atoms with Crippen molar-refractivity contribution in [1.29, 1.82) is 0 Å². The van der Waals surface area contributed by atoms with Crippen molar-refractivity contribution in [3.8, 4) is 0 Å². The number of hydrogen-bond acceptors (Lipinski definition) is 3. The number of rotatable bonds is 3. The fraction of sp³-hybridized carbons (Fsp3) is 0.333. The van der Waals surface area contributed by atoms with E-state index < -0.39 is 23.6 Å². The summed E-state index contributed by atoms with van der Waals surface area (Å²) < 4.78 is 38.3. The van der Waals surface area contributed by atoms with Gasteiger partial charge in [-0.05, 0) is 34.3 Å². The quantitative estimate of drug-likeness (QED) is 0.884. The Kier molecular flexibility index (Phi) is 4.06. The van der Waals surface area contributed by atoms with Crippen LogP contribution in [0.5, 0.6) is 0 Å². The van der Waals surface area contributed by atoms with Gasteiger partial charge in [0.1, 0.15) is 4.88 Å². The van der Waals surface area contributed by atoms with Gasteiger partial charge in [-0.3, -0.25) is 4.79 Å². The zero-order valence-electron chi connectivity index (χ0n) is 8.84. The standard InChI is InChI=1S/C9H7BrF3NO3S/c1-8(7(16)17,9(11,12)13)14-6(15)5-4(10)2-3-18-5/h2-3H,1H3,(H,14,15)(H,16,17). The minimum Gasteiger partial charge on any atom is -0.479 e. The molecule has 4 nitrogen and oxygen atoms in total. The van der Waals surface area contributed by atoms with Crippen molar-refractivity contribution < 1.29 is 27.9 Å². The van der Waals surface area contributed by atoms with Crippen LogP contribution in [-0.2, 0) is 4.79 Å². The largest absolute Gasteiger partial charge is 0.479 e. The summed E-state index contributed by atoms with van der Waals surface area (Å²) in [6, 6.07) is 1.48. The minimum atomic E-state index is -5.10. The fourth-order valence-electron chi connectivity index (χ4n) is 0.985. The van der Waals surface area contributed by atoms with Gasteiger partial charge in [0, 0.05) is 4.47 Å². The van der Waals surface area contributed by atoms with E-state index in [1.165, 1.54) is 16.8 Å². The second-order valence-electron chi connectivity index (χ2n) is 3.48. The van der Waals surface area contributed by atoms with Gasteiger partial charge >= 0.3 is 12.1 Å². The molecule has 18 heavy (non-hydrogen) atoms. The lowest BCUT2D eigenvalue weighted by atomic mass is 10.0. The molecule has 0 radical (unpaired) electrons. The van der Waals surface area contributed by atoms with Crippen LogP contribution < -0.4 is 5.32 Å². The van der Waals surface area contributed by atoms with E-state index in [9.17, 15) is 22.8 Å².